The Hall–Kier alpha value is -3.00. The number of aryl methyl sites for hydroxylation is 1. The highest BCUT2D eigenvalue weighted by molar-refractivity contribution is 9.10. The SMILES string of the molecule is Cc1[nH]n(-c2ccc(Br)cc2)c(=O)c1/C=N/C(=O)Nc1ccc(F)cc1. The van der Waals surface area contributed by atoms with Crippen LogP contribution in [0, 0.1) is 12.7 Å². The highest BCUT2D eigenvalue weighted by Gasteiger charge is 2.11. The molecule has 0 saturated carbocycles. The Morgan fingerprint density at radius 2 is 1.85 bits per heavy atom. The zero-order valence-corrected chi connectivity index (χ0v) is 15.2. The molecule has 2 N–H and O–H groups in total. The number of hydrogen-bond donors (Lipinski definition) is 2. The van der Waals surface area contributed by atoms with Gasteiger partial charge in [-0.1, -0.05) is 15.9 Å². The van der Waals surface area contributed by atoms with E-state index in [-0.39, 0.29) is 11.1 Å². The van der Waals surface area contributed by atoms with Crippen molar-refractivity contribution >= 4 is 33.9 Å². The van der Waals surface area contributed by atoms with Crippen molar-refractivity contribution in [1.82, 2.24) is 9.78 Å². The normalized spacial score (nSPS) is 11.0. The molecule has 0 fully saturated rings. The van der Waals surface area contributed by atoms with Crippen LogP contribution in [0.15, 0.2) is 62.8 Å². The van der Waals surface area contributed by atoms with Gasteiger partial charge in [0.15, 0.2) is 0 Å². The number of hydrogen-bond acceptors (Lipinski definition) is 2. The van der Waals surface area contributed by atoms with Gasteiger partial charge in [0.25, 0.3) is 5.56 Å². The van der Waals surface area contributed by atoms with Crippen molar-refractivity contribution in [2.24, 2.45) is 4.99 Å². The molecule has 0 aliphatic carbocycles. The van der Waals surface area contributed by atoms with Crippen molar-refractivity contribution in [1.29, 1.82) is 0 Å². The number of rotatable bonds is 3. The molecule has 2 amide bonds. The second-order valence-corrected chi connectivity index (χ2v) is 6.38. The van der Waals surface area contributed by atoms with Crippen LogP contribution in [0.5, 0.6) is 0 Å². The van der Waals surface area contributed by atoms with Gasteiger partial charge in [0.1, 0.15) is 5.82 Å². The number of aliphatic imine (C=N–C) groups is 1. The fraction of sp³-hybridized carbons (Fsp3) is 0.0556. The minimum absolute atomic E-state index is 0.280. The van der Waals surface area contributed by atoms with Gasteiger partial charge in [-0.15, -0.1) is 0 Å². The van der Waals surface area contributed by atoms with Gasteiger partial charge in [0, 0.05) is 22.1 Å². The van der Waals surface area contributed by atoms with E-state index in [2.05, 4.69) is 31.3 Å². The Morgan fingerprint density at radius 1 is 1.19 bits per heavy atom. The van der Waals surface area contributed by atoms with Gasteiger partial charge in [-0.25, -0.2) is 18.9 Å². The first-order valence-electron chi connectivity index (χ1n) is 7.62. The minimum Gasteiger partial charge on any atom is -0.306 e. The molecule has 3 rings (SSSR count). The second kappa shape index (κ2) is 7.49. The molecule has 0 atom stereocenters. The third-order valence-corrected chi connectivity index (χ3v) is 4.14. The number of urea groups is 1. The smallest absolute Gasteiger partial charge is 0.306 e. The highest BCUT2D eigenvalue weighted by Crippen LogP contribution is 2.13. The van der Waals surface area contributed by atoms with E-state index in [4.69, 9.17) is 0 Å². The molecule has 0 spiro atoms. The zero-order chi connectivity index (χ0) is 18.7. The average Bonchev–Trinajstić information content (AvgIpc) is 2.90. The van der Waals surface area contributed by atoms with Gasteiger partial charge in [0.05, 0.1) is 11.3 Å². The number of carbonyl (C=O) groups is 1. The van der Waals surface area contributed by atoms with Crippen molar-refractivity contribution in [3.8, 4) is 5.69 Å². The number of aromatic amines is 1. The van der Waals surface area contributed by atoms with E-state index in [1.165, 1.54) is 35.2 Å². The summed E-state index contributed by atoms with van der Waals surface area (Å²) in [6.45, 7) is 1.72. The van der Waals surface area contributed by atoms with Crippen molar-refractivity contribution in [2.75, 3.05) is 5.32 Å². The largest absolute Gasteiger partial charge is 0.345 e. The van der Waals surface area contributed by atoms with Crippen LogP contribution in [0.1, 0.15) is 11.3 Å². The van der Waals surface area contributed by atoms with Gasteiger partial charge >= 0.3 is 6.03 Å². The molecule has 8 heteroatoms. The number of amides is 2. The Labute approximate surface area is 156 Å². The number of benzene rings is 2. The van der Waals surface area contributed by atoms with Crippen LogP contribution in [0.2, 0.25) is 0 Å². The Morgan fingerprint density at radius 3 is 2.50 bits per heavy atom. The molecule has 3 aromatic rings. The molecule has 2 aromatic carbocycles. The molecule has 6 nitrogen and oxygen atoms in total. The van der Waals surface area contributed by atoms with Gasteiger partial charge < -0.3 is 5.32 Å². The number of nitrogens with one attached hydrogen (secondary N) is 2. The summed E-state index contributed by atoms with van der Waals surface area (Å²) >= 11 is 3.34. The molecule has 132 valence electrons. The maximum Gasteiger partial charge on any atom is 0.345 e. The summed E-state index contributed by atoms with van der Waals surface area (Å²) < 4.78 is 15.1. The molecule has 0 radical (unpaired) electrons. The van der Waals surface area contributed by atoms with Crippen molar-refractivity contribution in [3.63, 3.8) is 0 Å². The van der Waals surface area contributed by atoms with E-state index in [9.17, 15) is 14.0 Å². The predicted molar refractivity (Wildman–Crippen MR) is 102 cm³/mol. The summed E-state index contributed by atoms with van der Waals surface area (Å²) in [7, 11) is 0. The van der Waals surface area contributed by atoms with Crippen LogP contribution in [-0.4, -0.2) is 22.0 Å². The maximum absolute atomic E-state index is 12.9. The lowest BCUT2D eigenvalue weighted by Gasteiger charge is -2.00. The lowest BCUT2D eigenvalue weighted by Crippen LogP contribution is -2.17. The number of halogens is 2. The summed E-state index contributed by atoms with van der Waals surface area (Å²) in [6.07, 6.45) is 1.21. The number of aromatic nitrogens is 2. The fourth-order valence-corrected chi connectivity index (χ4v) is 2.56. The molecule has 0 bridgehead atoms. The van der Waals surface area contributed by atoms with Crippen molar-refractivity contribution in [2.45, 2.75) is 6.92 Å². The summed E-state index contributed by atoms with van der Waals surface area (Å²) in [5, 5.41) is 5.45. The standard InChI is InChI=1S/C18H14BrFN4O2/c1-11-16(10-21-18(26)22-14-6-4-13(20)5-7-14)17(25)24(23-11)15-8-2-12(19)3-9-15/h2-10,23H,1H3,(H,22,26)/b21-10+. The first-order chi connectivity index (χ1) is 12.4. The van der Waals surface area contributed by atoms with Crippen LogP contribution in [0.25, 0.3) is 5.69 Å². The van der Waals surface area contributed by atoms with Crippen molar-refractivity contribution in [3.05, 3.63) is 80.4 Å². The molecular formula is C18H14BrFN4O2. The number of H-pyrrole nitrogens is 1. The van der Waals surface area contributed by atoms with E-state index in [0.717, 1.165) is 4.47 Å². The summed E-state index contributed by atoms with van der Waals surface area (Å²) in [6, 6.07) is 11.8. The molecular weight excluding hydrogens is 403 g/mol. The van der Waals surface area contributed by atoms with E-state index < -0.39 is 11.8 Å². The van der Waals surface area contributed by atoms with Crippen LogP contribution in [0.3, 0.4) is 0 Å². The monoisotopic (exact) mass is 416 g/mol. The molecule has 26 heavy (non-hydrogen) atoms. The lowest BCUT2D eigenvalue weighted by atomic mass is 10.3. The quantitative estimate of drug-likeness (QED) is 0.632. The third-order valence-electron chi connectivity index (χ3n) is 3.61. The van der Waals surface area contributed by atoms with Crippen molar-refractivity contribution < 1.29 is 9.18 Å². The Balaban J connectivity index is 1.80. The van der Waals surface area contributed by atoms with E-state index in [1.54, 1.807) is 19.1 Å². The zero-order valence-electron chi connectivity index (χ0n) is 13.7. The van der Waals surface area contributed by atoms with Crippen LogP contribution in [-0.2, 0) is 0 Å². The predicted octanol–water partition coefficient (Wildman–Crippen LogP) is 4.03. The average molecular weight is 417 g/mol. The minimum atomic E-state index is -0.660. The molecule has 0 aliphatic rings. The fourth-order valence-electron chi connectivity index (χ4n) is 2.30. The molecule has 0 aliphatic heterocycles. The molecule has 1 aromatic heterocycles. The van der Waals surface area contributed by atoms with Gasteiger partial charge in [0.2, 0.25) is 0 Å². The molecule has 1 heterocycles. The van der Waals surface area contributed by atoms with Crippen LogP contribution in [0.4, 0.5) is 14.9 Å². The number of nitrogens with zero attached hydrogens (tertiary/aromatic N) is 2. The second-order valence-electron chi connectivity index (χ2n) is 5.46. The van der Waals surface area contributed by atoms with Crippen LogP contribution >= 0.6 is 15.9 Å². The summed E-state index contributed by atoms with van der Waals surface area (Å²) in [5.74, 6) is -0.400. The summed E-state index contributed by atoms with van der Waals surface area (Å²) in [5.41, 5.74) is 1.62. The molecule has 0 saturated heterocycles. The van der Waals surface area contributed by atoms with Gasteiger partial charge in [-0.2, -0.15) is 0 Å². The van der Waals surface area contributed by atoms with Gasteiger partial charge in [-0.3, -0.25) is 9.89 Å². The maximum atomic E-state index is 12.9. The first kappa shape index (κ1) is 17.8. The first-order valence-corrected chi connectivity index (χ1v) is 8.41. The Bertz CT molecular complexity index is 1020. The Kier molecular flexibility index (Phi) is 5.13. The summed E-state index contributed by atoms with van der Waals surface area (Å²) in [4.78, 5) is 28.2. The highest BCUT2D eigenvalue weighted by atomic mass is 79.9. The molecule has 0 unspecified atom stereocenters. The third kappa shape index (κ3) is 3.97. The number of anilines is 1. The number of carbonyl (C=O) groups excluding carboxylic acids is 1. The van der Waals surface area contributed by atoms with E-state index in [1.807, 2.05) is 12.1 Å². The van der Waals surface area contributed by atoms with Crippen LogP contribution < -0.4 is 10.9 Å². The lowest BCUT2D eigenvalue weighted by molar-refractivity contribution is 0.259. The van der Waals surface area contributed by atoms with E-state index in [0.29, 0.717) is 17.1 Å². The van der Waals surface area contributed by atoms with E-state index >= 15 is 0 Å². The topological polar surface area (TPSA) is 79.2 Å². The van der Waals surface area contributed by atoms with Gasteiger partial charge in [-0.05, 0) is 55.5 Å².